The summed E-state index contributed by atoms with van der Waals surface area (Å²) in [5, 5.41) is 3.24. The number of rotatable bonds is 4. The number of hydrogen-bond acceptors (Lipinski definition) is 4. The smallest absolute Gasteiger partial charge is 0.244 e. The molecular weight excluding hydrogens is 348 g/mol. The molecular formula is C17H15ClN2O3S. The van der Waals surface area contributed by atoms with E-state index in [1.54, 1.807) is 18.2 Å². The zero-order valence-electron chi connectivity index (χ0n) is 12.9. The minimum Gasteiger partial charge on any atom is -0.495 e. The van der Waals surface area contributed by atoms with E-state index in [-0.39, 0.29) is 18.4 Å². The fraction of sp³-hybridized carbons (Fsp3) is 0.176. The fourth-order valence-corrected chi connectivity index (χ4v) is 3.55. The molecule has 0 spiro atoms. The van der Waals surface area contributed by atoms with Crippen molar-refractivity contribution in [2.24, 2.45) is 0 Å². The van der Waals surface area contributed by atoms with Gasteiger partial charge in [-0.25, -0.2) is 0 Å². The van der Waals surface area contributed by atoms with Crippen LogP contribution in [-0.4, -0.2) is 31.2 Å². The van der Waals surface area contributed by atoms with Gasteiger partial charge in [0.25, 0.3) is 0 Å². The Morgan fingerprint density at radius 3 is 2.92 bits per heavy atom. The number of benzene rings is 2. The van der Waals surface area contributed by atoms with Gasteiger partial charge in [-0.05, 0) is 30.3 Å². The second-order valence-electron chi connectivity index (χ2n) is 5.13. The Morgan fingerprint density at radius 2 is 2.12 bits per heavy atom. The maximum absolute atomic E-state index is 12.4. The average molecular weight is 363 g/mol. The van der Waals surface area contributed by atoms with Gasteiger partial charge >= 0.3 is 0 Å². The molecule has 0 saturated heterocycles. The number of carbonyl (C=O) groups is 2. The van der Waals surface area contributed by atoms with E-state index in [1.807, 2.05) is 24.3 Å². The Kier molecular flexibility index (Phi) is 4.97. The molecule has 2 amide bonds. The van der Waals surface area contributed by atoms with Crippen molar-refractivity contribution in [3.8, 4) is 5.75 Å². The number of nitrogens with one attached hydrogen (secondary N) is 1. The number of hydrogen-bond donors (Lipinski definition) is 1. The van der Waals surface area contributed by atoms with Gasteiger partial charge < -0.3 is 15.0 Å². The van der Waals surface area contributed by atoms with Gasteiger partial charge in [-0.1, -0.05) is 23.7 Å². The summed E-state index contributed by atoms with van der Waals surface area (Å²) >= 11 is 7.44. The standard InChI is InChI=1S/C17H15ClN2O3S/c1-23-14-7-6-11(18)8-12(14)19-16(21)9-20-13-4-2-3-5-15(13)24-10-17(20)22/h2-8H,9-10H2,1H3,(H,19,21). The molecule has 0 aliphatic carbocycles. The highest BCUT2D eigenvalue weighted by atomic mass is 35.5. The number of methoxy groups -OCH3 is 1. The molecule has 24 heavy (non-hydrogen) atoms. The number of carbonyl (C=O) groups excluding carboxylic acids is 2. The van der Waals surface area contributed by atoms with Crippen LogP contribution >= 0.6 is 23.4 Å². The molecule has 5 nitrogen and oxygen atoms in total. The Labute approximate surface area is 148 Å². The van der Waals surface area contributed by atoms with Crippen molar-refractivity contribution >= 4 is 46.6 Å². The molecule has 0 aromatic heterocycles. The number of para-hydroxylation sites is 1. The minimum absolute atomic E-state index is 0.0634. The maximum Gasteiger partial charge on any atom is 0.244 e. The number of anilines is 2. The van der Waals surface area contributed by atoms with E-state index >= 15 is 0 Å². The zero-order chi connectivity index (χ0) is 17.1. The summed E-state index contributed by atoms with van der Waals surface area (Å²) in [4.78, 5) is 27.1. The van der Waals surface area contributed by atoms with Crippen molar-refractivity contribution in [2.45, 2.75) is 4.90 Å². The molecule has 0 unspecified atom stereocenters. The number of fused-ring (bicyclic) bond motifs is 1. The van der Waals surface area contributed by atoms with Crippen molar-refractivity contribution < 1.29 is 14.3 Å². The summed E-state index contributed by atoms with van der Waals surface area (Å²) in [7, 11) is 1.51. The van der Waals surface area contributed by atoms with Crippen LogP contribution in [0.25, 0.3) is 0 Å². The number of amides is 2. The number of nitrogens with zero attached hydrogens (tertiary/aromatic N) is 1. The second-order valence-corrected chi connectivity index (χ2v) is 6.58. The summed E-state index contributed by atoms with van der Waals surface area (Å²) < 4.78 is 5.21. The normalized spacial score (nSPS) is 13.4. The van der Waals surface area contributed by atoms with E-state index < -0.39 is 0 Å². The minimum atomic E-state index is -0.314. The van der Waals surface area contributed by atoms with E-state index in [0.717, 1.165) is 10.6 Å². The highest BCUT2D eigenvalue weighted by molar-refractivity contribution is 8.00. The van der Waals surface area contributed by atoms with Gasteiger partial charge in [0.1, 0.15) is 12.3 Å². The Hall–Kier alpha value is -2.18. The molecule has 124 valence electrons. The van der Waals surface area contributed by atoms with Crippen LogP contribution in [0, 0.1) is 0 Å². The molecule has 0 fully saturated rings. The van der Waals surface area contributed by atoms with Crippen LogP contribution in [0.15, 0.2) is 47.4 Å². The van der Waals surface area contributed by atoms with Crippen molar-refractivity contribution in [1.82, 2.24) is 0 Å². The van der Waals surface area contributed by atoms with Gasteiger partial charge in [-0.2, -0.15) is 0 Å². The third-order valence-corrected chi connectivity index (χ3v) is 4.83. The number of ether oxygens (including phenoxy) is 1. The molecule has 1 aliphatic heterocycles. The zero-order valence-corrected chi connectivity index (χ0v) is 14.5. The largest absolute Gasteiger partial charge is 0.495 e. The fourth-order valence-electron chi connectivity index (χ4n) is 2.44. The predicted octanol–water partition coefficient (Wildman–Crippen LogP) is 3.43. The van der Waals surface area contributed by atoms with Gasteiger partial charge in [-0.3, -0.25) is 9.59 Å². The highest BCUT2D eigenvalue weighted by Crippen LogP contribution is 2.35. The molecule has 7 heteroatoms. The van der Waals surface area contributed by atoms with E-state index in [0.29, 0.717) is 22.2 Å². The van der Waals surface area contributed by atoms with Crippen molar-refractivity contribution in [1.29, 1.82) is 0 Å². The van der Waals surface area contributed by atoms with Gasteiger partial charge in [0.15, 0.2) is 0 Å². The van der Waals surface area contributed by atoms with Crippen LogP contribution in [0.2, 0.25) is 5.02 Å². The molecule has 1 heterocycles. The van der Waals surface area contributed by atoms with E-state index in [2.05, 4.69) is 5.32 Å². The van der Waals surface area contributed by atoms with E-state index in [9.17, 15) is 9.59 Å². The third-order valence-electron chi connectivity index (χ3n) is 3.55. The third kappa shape index (κ3) is 3.49. The Balaban J connectivity index is 1.78. The highest BCUT2D eigenvalue weighted by Gasteiger charge is 2.26. The van der Waals surface area contributed by atoms with Gasteiger partial charge in [0.2, 0.25) is 11.8 Å². The topological polar surface area (TPSA) is 58.6 Å². The lowest BCUT2D eigenvalue weighted by atomic mass is 10.2. The SMILES string of the molecule is COc1ccc(Cl)cc1NC(=O)CN1C(=O)CSc2ccccc21. The first-order valence-electron chi connectivity index (χ1n) is 7.24. The van der Waals surface area contributed by atoms with Crippen molar-refractivity contribution in [2.75, 3.05) is 29.6 Å². The first-order valence-corrected chi connectivity index (χ1v) is 8.60. The quantitative estimate of drug-likeness (QED) is 0.905. The van der Waals surface area contributed by atoms with Crippen LogP contribution in [0.5, 0.6) is 5.75 Å². The molecule has 1 N–H and O–H groups in total. The lowest BCUT2D eigenvalue weighted by Gasteiger charge is -2.28. The van der Waals surface area contributed by atoms with Crippen LogP contribution in [-0.2, 0) is 9.59 Å². The molecule has 0 bridgehead atoms. The summed E-state index contributed by atoms with van der Waals surface area (Å²) in [6.45, 7) is -0.0634. The van der Waals surface area contributed by atoms with Crippen LogP contribution < -0.4 is 15.0 Å². The summed E-state index contributed by atoms with van der Waals surface area (Å²) in [5.74, 6) is 0.427. The molecule has 2 aromatic rings. The van der Waals surface area contributed by atoms with Gasteiger partial charge in [-0.15, -0.1) is 11.8 Å². The van der Waals surface area contributed by atoms with Gasteiger partial charge in [0, 0.05) is 9.92 Å². The first kappa shape index (κ1) is 16.7. The molecule has 0 atom stereocenters. The summed E-state index contributed by atoms with van der Waals surface area (Å²) in [5.41, 5.74) is 1.23. The molecule has 2 aromatic carbocycles. The Morgan fingerprint density at radius 1 is 1.33 bits per heavy atom. The average Bonchev–Trinajstić information content (AvgIpc) is 2.58. The summed E-state index contributed by atoms with van der Waals surface area (Å²) in [6.07, 6.45) is 0. The Bertz CT molecular complexity index is 797. The van der Waals surface area contributed by atoms with Gasteiger partial charge in [0.05, 0.1) is 24.2 Å². The van der Waals surface area contributed by atoms with Crippen LogP contribution in [0.1, 0.15) is 0 Å². The lowest BCUT2D eigenvalue weighted by Crippen LogP contribution is -2.41. The lowest BCUT2D eigenvalue weighted by molar-refractivity contribution is -0.120. The van der Waals surface area contributed by atoms with Crippen LogP contribution in [0.4, 0.5) is 11.4 Å². The number of halogens is 1. The van der Waals surface area contributed by atoms with Crippen molar-refractivity contribution in [3.05, 3.63) is 47.5 Å². The first-order chi connectivity index (χ1) is 11.6. The second kappa shape index (κ2) is 7.15. The molecule has 1 aliphatic rings. The van der Waals surface area contributed by atoms with E-state index in [1.165, 1.54) is 23.8 Å². The van der Waals surface area contributed by atoms with Crippen LogP contribution in [0.3, 0.4) is 0 Å². The van der Waals surface area contributed by atoms with Crippen molar-refractivity contribution in [3.63, 3.8) is 0 Å². The summed E-state index contributed by atoms with van der Waals surface area (Å²) in [6, 6.07) is 12.5. The molecule has 0 radical (unpaired) electrons. The maximum atomic E-state index is 12.4. The van der Waals surface area contributed by atoms with E-state index in [4.69, 9.17) is 16.3 Å². The monoisotopic (exact) mass is 362 g/mol. The number of thioether (sulfide) groups is 1. The predicted molar refractivity (Wildman–Crippen MR) is 96.2 cm³/mol. The molecule has 0 saturated carbocycles. The molecule has 3 rings (SSSR count).